The molecule has 0 aromatic heterocycles. The predicted octanol–water partition coefficient (Wildman–Crippen LogP) is 5.02. The average molecular weight is 333 g/mol. The highest BCUT2D eigenvalue weighted by atomic mass is 16.5. The van der Waals surface area contributed by atoms with Gasteiger partial charge in [0.25, 0.3) is 0 Å². The lowest BCUT2D eigenvalue weighted by Crippen LogP contribution is -2.45. The SMILES string of the molecule is C=CC1(NC(=O)OCC2c3ccccc3-c3ccccc32)CCCC1. The van der Waals surface area contributed by atoms with Crippen LogP contribution in [0.3, 0.4) is 0 Å². The third-order valence-electron chi connectivity index (χ3n) is 5.58. The van der Waals surface area contributed by atoms with E-state index in [0.717, 1.165) is 25.7 Å². The molecular formula is C22H23NO2. The van der Waals surface area contributed by atoms with Crippen LogP contribution < -0.4 is 5.32 Å². The van der Waals surface area contributed by atoms with Crippen molar-refractivity contribution in [2.24, 2.45) is 0 Å². The van der Waals surface area contributed by atoms with Gasteiger partial charge in [-0.25, -0.2) is 4.79 Å². The quantitative estimate of drug-likeness (QED) is 0.798. The number of carbonyl (C=O) groups excluding carboxylic acids is 1. The second kappa shape index (κ2) is 6.40. The predicted molar refractivity (Wildman–Crippen MR) is 99.6 cm³/mol. The zero-order chi connectivity index (χ0) is 17.3. The van der Waals surface area contributed by atoms with Crippen molar-refractivity contribution in [2.45, 2.75) is 37.1 Å². The number of fused-ring (bicyclic) bond motifs is 3. The van der Waals surface area contributed by atoms with Gasteiger partial charge in [-0.1, -0.05) is 67.4 Å². The molecule has 3 nitrogen and oxygen atoms in total. The number of ether oxygens (including phenoxy) is 1. The maximum atomic E-state index is 12.4. The highest BCUT2D eigenvalue weighted by molar-refractivity contribution is 5.79. The molecule has 2 aromatic carbocycles. The van der Waals surface area contributed by atoms with Gasteiger partial charge in [-0.05, 0) is 35.1 Å². The number of rotatable bonds is 4. The van der Waals surface area contributed by atoms with Crippen LogP contribution in [0.1, 0.15) is 42.7 Å². The van der Waals surface area contributed by atoms with Crippen molar-refractivity contribution >= 4 is 6.09 Å². The maximum Gasteiger partial charge on any atom is 0.407 e. The highest BCUT2D eigenvalue weighted by Crippen LogP contribution is 2.44. The zero-order valence-corrected chi connectivity index (χ0v) is 14.3. The van der Waals surface area contributed by atoms with Crippen LogP contribution in [0.5, 0.6) is 0 Å². The van der Waals surface area contributed by atoms with Gasteiger partial charge in [0, 0.05) is 5.92 Å². The standard InChI is InChI=1S/C22H23NO2/c1-2-22(13-7-8-14-22)23-21(24)25-15-20-18-11-5-3-9-16(18)17-10-4-6-12-19(17)20/h2-6,9-12,20H,1,7-8,13-15H2,(H,23,24). The van der Waals surface area contributed by atoms with E-state index < -0.39 is 0 Å². The lowest BCUT2D eigenvalue weighted by molar-refractivity contribution is 0.134. The first-order valence-corrected chi connectivity index (χ1v) is 8.99. The molecule has 0 saturated heterocycles. The first kappa shape index (κ1) is 15.9. The number of hydrogen-bond donors (Lipinski definition) is 1. The number of amides is 1. The Labute approximate surface area is 148 Å². The monoisotopic (exact) mass is 333 g/mol. The Morgan fingerprint density at radius 1 is 1.08 bits per heavy atom. The Balaban J connectivity index is 1.50. The van der Waals surface area contributed by atoms with Crippen LogP contribution in [0.25, 0.3) is 11.1 Å². The molecule has 1 N–H and O–H groups in total. The van der Waals surface area contributed by atoms with Gasteiger partial charge in [-0.15, -0.1) is 6.58 Å². The van der Waals surface area contributed by atoms with Crippen LogP contribution >= 0.6 is 0 Å². The average Bonchev–Trinajstić information content (AvgIpc) is 3.23. The Bertz CT molecular complexity index is 760. The van der Waals surface area contributed by atoms with E-state index in [0.29, 0.717) is 6.61 Å². The molecule has 1 saturated carbocycles. The van der Waals surface area contributed by atoms with E-state index in [4.69, 9.17) is 4.74 Å². The van der Waals surface area contributed by atoms with Crippen molar-refractivity contribution in [3.63, 3.8) is 0 Å². The second-order valence-corrected chi connectivity index (χ2v) is 7.02. The summed E-state index contributed by atoms with van der Waals surface area (Å²) >= 11 is 0. The number of carbonyl (C=O) groups is 1. The zero-order valence-electron chi connectivity index (χ0n) is 14.3. The molecule has 25 heavy (non-hydrogen) atoms. The molecule has 1 amide bonds. The number of nitrogens with one attached hydrogen (secondary N) is 1. The summed E-state index contributed by atoms with van der Waals surface area (Å²) < 4.78 is 5.63. The molecule has 0 heterocycles. The Kier molecular flexibility index (Phi) is 4.08. The van der Waals surface area contributed by atoms with Gasteiger partial charge in [0.1, 0.15) is 6.61 Å². The first-order chi connectivity index (χ1) is 12.2. The van der Waals surface area contributed by atoms with Crippen molar-refractivity contribution in [3.05, 3.63) is 72.3 Å². The molecule has 1 fully saturated rings. The van der Waals surface area contributed by atoms with Gasteiger partial charge in [0.15, 0.2) is 0 Å². The summed E-state index contributed by atoms with van der Waals surface area (Å²) in [5, 5.41) is 3.03. The van der Waals surface area contributed by atoms with Crippen molar-refractivity contribution < 1.29 is 9.53 Å². The minimum Gasteiger partial charge on any atom is -0.449 e. The van der Waals surface area contributed by atoms with Crippen LogP contribution in [-0.4, -0.2) is 18.2 Å². The fourth-order valence-electron chi connectivity index (χ4n) is 4.22. The van der Waals surface area contributed by atoms with E-state index >= 15 is 0 Å². The van der Waals surface area contributed by atoms with E-state index in [9.17, 15) is 4.79 Å². The van der Waals surface area contributed by atoms with Gasteiger partial charge in [0.2, 0.25) is 0 Å². The van der Waals surface area contributed by atoms with Crippen molar-refractivity contribution in [3.8, 4) is 11.1 Å². The molecule has 0 unspecified atom stereocenters. The van der Waals surface area contributed by atoms with Crippen molar-refractivity contribution in [1.82, 2.24) is 5.32 Å². The maximum absolute atomic E-state index is 12.4. The van der Waals surface area contributed by atoms with Crippen molar-refractivity contribution in [1.29, 1.82) is 0 Å². The molecule has 0 spiro atoms. The molecule has 4 rings (SSSR count). The largest absolute Gasteiger partial charge is 0.449 e. The lowest BCUT2D eigenvalue weighted by atomic mass is 9.98. The van der Waals surface area contributed by atoms with Gasteiger partial charge < -0.3 is 10.1 Å². The van der Waals surface area contributed by atoms with Gasteiger partial charge in [-0.3, -0.25) is 0 Å². The van der Waals surface area contributed by atoms with Crippen LogP contribution in [0, 0.1) is 0 Å². The lowest BCUT2D eigenvalue weighted by Gasteiger charge is -2.26. The Hall–Kier alpha value is -2.55. The fourth-order valence-corrected chi connectivity index (χ4v) is 4.22. The summed E-state index contributed by atoms with van der Waals surface area (Å²) in [4.78, 5) is 12.4. The van der Waals surface area contributed by atoms with E-state index in [1.807, 2.05) is 18.2 Å². The molecule has 0 atom stereocenters. The summed E-state index contributed by atoms with van der Waals surface area (Å²) in [6.07, 6.45) is 5.65. The van der Waals surface area contributed by atoms with Gasteiger partial charge in [0.05, 0.1) is 5.54 Å². The summed E-state index contributed by atoms with van der Waals surface area (Å²) in [5.41, 5.74) is 4.66. The molecule has 128 valence electrons. The normalized spacial score (nSPS) is 17.6. The molecule has 2 aromatic rings. The van der Waals surface area contributed by atoms with Crippen LogP contribution in [-0.2, 0) is 4.74 Å². The van der Waals surface area contributed by atoms with Crippen LogP contribution in [0.4, 0.5) is 4.79 Å². The molecule has 2 aliphatic rings. The van der Waals surface area contributed by atoms with E-state index in [-0.39, 0.29) is 17.6 Å². The fraction of sp³-hybridized carbons (Fsp3) is 0.318. The van der Waals surface area contributed by atoms with Crippen molar-refractivity contribution in [2.75, 3.05) is 6.61 Å². The minimum atomic E-state index is -0.344. The Morgan fingerprint density at radius 3 is 2.20 bits per heavy atom. The molecule has 3 heteroatoms. The third-order valence-corrected chi connectivity index (χ3v) is 5.58. The minimum absolute atomic E-state index is 0.0985. The topological polar surface area (TPSA) is 38.3 Å². The summed E-state index contributed by atoms with van der Waals surface area (Å²) in [7, 11) is 0. The molecule has 0 bridgehead atoms. The van der Waals surface area contributed by atoms with E-state index in [2.05, 4.69) is 48.3 Å². The van der Waals surface area contributed by atoms with E-state index in [1.54, 1.807) is 0 Å². The highest BCUT2D eigenvalue weighted by Gasteiger charge is 2.34. The first-order valence-electron chi connectivity index (χ1n) is 8.99. The Morgan fingerprint density at radius 2 is 1.64 bits per heavy atom. The van der Waals surface area contributed by atoms with Gasteiger partial charge >= 0.3 is 6.09 Å². The van der Waals surface area contributed by atoms with Gasteiger partial charge in [-0.2, -0.15) is 0 Å². The molecule has 0 radical (unpaired) electrons. The van der Waals surface area contributed by atoms with Crippen LogP contribution in [0.15, 0.2) is 61.2 Å². The molecule has 0 aliphatic heterocycles. The molecular weight excluding hydrogens is 310 g/mol. The van der Waals surface area contributed by atoms with Crippen LogP contribution in [0.2, 0.25) is 0 Å². The summed E-state index contributed by atoms with van der Waals surface area (Å²) in [5.74, 6) is 0.0985. The van der Waals surface area contributed by atoms with E-state index in [1.165, 1.54) is 22.3 Å². The smallest absolute Gasteiger partial charge is 0.407 e. The summed E-state index contributed by atoms with van der Waals surface area (Å²) in [6, 6.07) is 16.7. The number of alkyl carbamates (subject to hydrolysis) is 1. The number of benzene rings is 2. The summed E-state index contributed by atoms with van der Waals surface area (Å²) in [6.45, 7) is 4.25. The third kappa shape index (κ3) is 2.84. The number of hydrogen-bond acceptors (Lipinski definition) is 2. The molecule has 2 aliphatic carbocycles. The second-order valence-electron chi connectivity index (χ2n) is 7.02.